The highest BCUT2D eigenvalue weighted by molar-refractivity contribution is 6.32. The van der Waals surface area contributed by atoms with Crippen LogP contribution >= 0.6 is 11.6 Å². The van der Waals surface area contributed by atoms with Crippen LogP contribution in [0.5, 0.6) is 11.5 Å². The van der Waals surface area contributed by atoms with E-state index in [2.05, 4.69) is 5.16 Å². The van der Waals surface area contributed by atoms with Gasteiger partial charge in [0.25, 0.3) is 0 Å². The molecule has 20 heavy (non-hydrogen) atoms. The zero-order chi connectivity index (χ0) is 14.1. The van der Waals surface area contributed by atoms with Gasteiger partial charge in [-0.05, 0) is 12.1 Å². The number of rotatable bonds is 2. The summed E-state index contributed by atoms with van der Waals surface area (Å²) in [6.45, 7) is 1.10. The number of halogens is 1. The highest BCUT2D eigenvalue weighted by Crippen LogP contribution is 2.38. The zero-order valence-electron chi connectivity index (χ0n) is 10.5. The van der Waals surface area contributed by atoms with E-state index in [4.69, 9.17) is 31.0 Å². The topological polar surface area (TPSA) is 77.4 Å². The van der Waals surface area contributed by atoms with Crippen molar-refractivity contribution in [2.75, 3.05) is 13.2 Å². The van der Waals surface area contributed by atoms with Crippen molar-refractivity contribution in [1.29, 1.82) is 0 Å². The highest BCUT2D eigenvalue weighted by Gasteiger charge is 2.29. The average Bonchev–Trinajstić information content (AvgIpc) is 2.79. The third-order valence-corrected chi connectivity index (χ3v) is 3.36. The number of hydrogen-bond donors (Lipinski definition) is 1. The molecule has 1 aromatic carbocycles. The van der Waals surface area contributed by atoms with Crippen LogP contribution in [0.4, 0.5) is 0 Å². The van der Waals surface area contributed by atoms with Gasteiger partial charge >= 0.3 is 5.97 Å². The maximum absolute atomic E-state index is 10.9. The normalized spacial score (nSPS) is 20.9. The molecule has 0 bridgehead atoms. The largest absolute Gasteiger partial charge is 0.489 e. The van der Waals surface area contributed by atoms with Crippen LogP contribution in [-0.2, 0) is 9.63 Å². The number of carbonyl (C=O) groups is 1. The van der Waals surface area contributed by atoms with Gasteiger partial charge in [0, 0.05) is 18.4 Å². The molecule has 0 aliphatic carbocycles. The summed E-state index contributed by atoms with van der Waals surface area (Å²) in [6.07, 6.45) is 0.0383. The quantitative estimate of drug-likeness (QED) is 0.904. The van der Waals surface area contributed by atoms with Crippen molar-refractivity contribution in [1.82, 2.24) is 0 Å². The Morgan fingerprint density at radius 2 is 2.15 bits per heavy atom. The molecule has 0 aromatic heterocycles. The van der Waals surface area contributed by atoms with Crippen molar-refractivity contribution >= 4 is 23.3 Å². The number of oxime groups is 1. The average molecular weight is 298 g/mol. The standard InChI is InChI=1S/C13H12ClNO5/c14-8-4-7(9-6-11(13(16)17)20-15-9)5-10-12(8)19-3-1-2-18-10/h4-5,11H,1-3,6H2,(H,16,17). The smallest absolute Gasteiger partial charge is 0.348 e. The lowest BCUT2D eigenvalue weighted by Crippen LogP contribution is -2.19. The van der Waals surface area contributed by atoms with Gasteiger partial charge in [-0.3, -0.25) is 0 Å². The Bertz CT molecular complexity index is 586. The molecule has 2 heterocycles. The Labute approximate surface area is 119 Å². The third-order valence-electron chi connectivity index (χ3n) is 3.08. The first-order chi connectivity index (χ1) is 9.65. The van der Waals surface area contributed by atoms with Gasteiger partial charge in [-0.15, -0.1) is 0 Å². The van der Waals surface area contributed by atoms with Crippen molar-refractivity contribution in [3.05, 3.63) is 22.7 Å². The molecule has 1 N–H and O–H groups in total. The molecule has 106 valence electrons. The fourth-order valence-electron chi connectivity index (χ4n) is 2.08. The molecule has 3 rings (SSSR count). The molecule has 0 radical (unpaired) electrons. The highest BCUT2D eigenvalue weighted by atomic mass is 35.5. The van der Waals surface area contributed by atoms with Crippen LogP contribution in [0.25, 0.3) is 0 Å². The van der Waals surface area contributed by atoms with Gasteiger partial charge in [0.15, 0.2) is 11.5 Å². The maximum atomic E-state index is 10.9. The molecule has 0 fully saturated rings. The fourth-order valence-corrected chi connectivity index (χ4v) is 2.34. The summed E-state index contributed by atoms with van der Waals surface area (Å²) in [4.78, 5) is 15.7. The number of carboxylic acids is 1. The minimum absolute atomic E-state index is 0.200. The lowest BCUT2D eigenvalue weighted by molar-refractivity contribution is -0.148. The van der Waals surface area contributed by atoms with E-state index >= 15 is 0 Å². The Morgan fingerprint density at radius 3 is 2.90 bits per heavy atom. The Morgan fingerprint density at radius 1 is 1.35 bits per heavy atom. The number of carboxylic acid groups (broad SMARTS) is 1. The van der Waals surface area contributed by atoms with E-state index in [0.717, 1.165) is 6.42 Å². The van der Waals surface area contributed by atoms with Crippen molar-refractivity contribution in [2.45, 2.75) is 18.9 Å². The summed E-state index contributed by atoms with van der Waals surface area (Å²) in [5.74, 6) is 0.0258. The molecule has 1 aromatic rings. The maximum Gasteiger partial charge on any atom is 0.348 e. The lowest BCUT2D eigenvalue weighted by Gasteiger charge is -2.11. The summed E-state index contributed by atoms with van der Waals surface area (Å²) in [6, 6.07) is 3.43. The molecule has 0 saturated heterocycles. The van der Waals surface area contributed by atoms with Crippen molar-refractivity contribution in [3.8, 4) is 11.5 Å². The Balaban J connectivity index is 1.90. The molecule has 2 aliphatic rings. The minimum Gasteiger partial charge on any atom is -0.489 e. The van der Waals surface area contributed by atoms with Gasteiger partial charge < -0.3 is 19.4 Å². The summed E-state index contributed by atoms with van der Waals surface area (Å²) >= 11 is 6.18. The van der Waals surface area contributed by atoms with Gasteiger partial charge in [-0.25, -0.2) is 4.79 Å². The van der Waals surface area contributed by atoms with Gasteiger partial charge in [-0.1, -0.05) is 16.8 Å². The van der Waals surface area contributed by atoms with E-state index in [0.29, 0.717) is 41.0 Å². The van der Waals surface area contributed by atoms with Crippen LogP contribution < -0.4 is 9.47 Å². The molecule has 1 unspecified atom stereocenters. The second-order valence-electron chi connectivity index (χ2n) is 4.51. The van der Waals surface area contributed by atoms with E-state index in [-0.39, 0.29) is 6.42 Å². The molecule has 1 atom stereocenters. The third kappa shape index (κ3) is 2.38. The minimum atomic E-state index is -1.04. The second kappa shape index (κ2) is 5.20. The predicted octanol–water partition coefficient (Wildman–Crippen LogP) is 2.08. The molecule has 6 nitrogen and oxygen atoms in total. The number of hydrogen-bond acceptors (Lipinski definition) is 5. The first-order valence-corrected chi connectivity index (χ1v) is 6.58. The van der Waals surface area contributed by atoms with Crippen LogP contribution in [0.15, 0.2) is 17.3 Å². The van der Waals surface area contributed by atoms with Gasteiger partial charge in [0.05, 0.1) is 23.9 Å². The van der Waals surface area contributed by atoms with Gasteiger partial charge in [0.1, 0.15) is 0 Å². The second-order valence-corrected chi connectivity index (χ2v) is 4.92. The molecule has 0 spiro atoms. The molecular formula is C13H12ClNO5. The van der Waals surface area contributed by atoms with E-state index in [1.807, 2.05) is 0 Å². The molecule has 2 aliphatic heterocycles. The van der Waals surface area contributed by atoms with Crippen LogP contribution in [0.1, 0.15) is 18.4 Å². The first-order valence-electron chi connectivity index (χ1n) is 6.20. The van der Waals surface area contributed by atoms with Crippen molar-refractivity contribution < 1.29 is 24.2 Å². The monoisotopic (exact) mass is 297 g/mol. The van der Waals surface area contributed by atoms with E-state index in [1.165, 1.54) is 0 Å². The van der Waals surface area contributed by atoms with Gasteiger partial charge in [0.2, 0.25) is 6.10 Å². The lowest BCUT2D eigenvalue weighted by atomic mass is 10.0. The van der Waals surface area contributed by atoms with Crippen LogP contribution in [0.2, 0.25) is 5.02 Å². The molecule has 0 saturated carbocycles. The first kappa shape index (κ1) is 13.1. The fraction of sp³-hybridized carbons (Fsp3) is 0.385. The predicted molar refractivity (Wildman–Crippen MR) is 70.7 cm³/mol. The van der Waals surface area contributed by atoms with Crippen molar-refractivity contribution in [2.24, 2.45) is 5.16 Å². The number of nitrogens with zero attached hydrogens (tertiary/aromatic N) is 1. The van der Waals surface area contributed by atoms with E-state index in [9.17, 15) is 4.79 Å². The number of benzene rings is 1. The zero-order valence-corrected chi connectivity index (χ0v) is 11.2. The number of aliphatic carboxylic acids is 1. The van der Waals surface area contributed by atoms with Crippen LogP contribution in [0, 0.1) is 0 Å². The van der Waals surface area contributed by atoms with E-state index in [1.54, 1.807) is 12.1 Å². The summed E-state index contributed by atoms with van der Waals surface area (Å²) < 4.78 is 11.1. The SMILES string of the molecule is O=C(O)C1CC(c2cc(Cl)c3c(c2)OCCCO3)=NO1. The molecule has 0 amide bonds. The number of fused-ring (bicyclic) bond motifs is 1. The Kier molecular flexibility index (Phi) is 3.40. The summed E-state index contributed by atoms with van der Waals surface area (Å²) in [7, 11) is 0. The molecular weight excluding hydrogens is 286 g/mol. The summed E-state index contributed by atoms with van der Waals surface area (Å²) in [5, 5.41) is 13.1. The molecule has 7 heteroatoms. The Hall–Kier alpha value is -1.95. The van der Waals surface area contributed by atoms with E-state index < -0.39 is 12.1 Å². The van der Waals surface area contributed by atoms with Crippen LogP contribution in [0.3, 0.4) is 0 Å². The van der Waals surface area contributed by atoms with Crippen molar-refractivity contribution in [3.63, 3.8) is 0 Å². The summed E-state index contributed by atoms with van der Waals surface area (Å²) in [5.41, 5.74) is 1.22. The number of ether oxygens (including phenoxy) is 2. The van der Waals surface area contributed by atoms with Crippen LogP contribution in [-0.4, -0.2) is 36.1 Å². The van der Waals surface area contributed by atoms with Gasteiger partial charge in [-0.2, -0.15) is 0 Å².